The number of pyridine rings is 1. The molecule has 0 radical (unpaired) electrons. The topological polar surface area (TPSA) is 63.2 Å². The molecule has 4 aromatic rings. The molecule has 41 heavy (non-hydrogen) atoms. The van der Waals surface area contributed by atoms with Crippen LogP contribution in [-0.2, 0) is 0 Å². The number of amides is 2. The summed E-state index contributed by atoms with van der Waals surface area (Å²) in [6, 6.07) is 21.4. The summed E-state index contributed by atoms with van der Waals surface area (Å²) in [5.74, 6) is -2.68. The van der Waals surface area contributed by atoms with Gasteiger partial charge in [-0.15, -0.1) is 0 Å². The Labute approximate surface area is 238 Å². The van der Waals surface area contributed by atoms with Crippen LogP contribution >= 0.6 is 11.6 Å². The molecule has 0 bridgehead atoms. The molecule has 11 heteroatoms. The van der Waals surface area contributed by atoms with E-state index in [0.29, 0.717) is 22.3 Å². The van der Waals surface area contributed by atoms with Crippen LogP contribution in [0.1, 0.15) is 47.3 Å². The van der Waals surface area contributed by atoms with E-state index in [-0.39, 0.29) is 5.56 Å². The van der Waals surface area contributed by atoms with Gasteiger partial charge in [0, 0.05) is 12.3 Å². The van der Waals surface area contributed by atoms with Crippen LogP contribution in [0, 0.1) is 5.82 Å². The highest BCUT2D eigenvalue weighted by Crippen LogP contribution is 2.39. The lowest BCUT2D eigenvalue weighted by Gasteiger charge is -2.30. The highest BCUT2D eigenvalue weighted by atomic mass is 35.5. The predicted octanol–water partition coefficient (Wildman–Crippen LogP) is 8.04. The number of aromatic nitrogens is 1. The first-order valence-electron chi connectivity index (χ1n) is 12.5. The third-order valence-corrected chi connectivity index (χ3v) is 6.48. The van der Waals surface area contributed by atoms with Crippen molar-refractivity contribution in [3.63, 3.8) is 0 Å². The van der Waals surface area contributed by atoms with E-state index in [4.69, 9.17) is 11.6 Å². The molecule has 0 fully saturated rings. The number of ether oxygens (including phenoxy) is 1. The standard InChI is InChI=1S/C30H25ClF5N3O2/c1-18(19-8-4-2-5-9-19)38-29(40)39-27(21-14-23(32)16-24(15-21)41-30(35,36)28(33)34)26(20-10-6-3-7-11-20)25-13-12-22(31)17-37-25/h2-18,26-28H,1H3,(H2,38,39,40)/t18-,26-,27?/m0/s1. The Hall–Kier alpha value is -4.18. The van der Waals surface area contributed by atoms with E-state index in [2.05, 4.69) is 20.4 Å². The van der Waals surface area contributed by atoms with Crippen molar-refractivity contribution in [1.82, 2.24) is 15.6 Å². The average Bonchev–Trinajstić information content (AvgIpc) is 2.94. The number of hydrogen-bond donors (Lipinski definition) is 2. The minimum Gasteiger partial charge on any atom is -0.428 e. The maximum Gasteiger partial charge on any atom is 0.461 e. The fourth-order valence-corrected chi connectivity index (χ4v) is 4.47. The van der Waals surface area contributed by atoms with Crippen molar-refractivity contribution in [3.05, 3.63) is 130 Å². The normalized spacial score (nSPS) is 13.8. The second kappa shape index (κ2) is 13.0. The first kappa shape index (κ1) is 29.8. The summed E-state index contributed by atoms with van der Waals surface area (Å²) in [5.41, 5.74) is 1.83. The van der Waals surface area contributed by atoms with Crippen molar-refractivity contribution in [3.8, 4) is 5.75 Å². The zero-order valence-electron chi connectivity index (χ0n) is 21.6. The molecule has 2 amide bonds. The van der Waals surface area contributed by atoms with E-state index in [0.717, 1.165) is 17.7 Å². The summed E-state index contributed by atoms with van der Waals surface area (Å²) in [6.45, 7) is 1.76. The summed E-state index contributed by atoms with van der Waals surface area (Å²) in [5, 5.41) is 5.96. The van der Waals surface area contributed by atoms with E-state index in [1.807, 2.05) is 30.3 Å². The van der Waals surface area contributed by atoms with Gasteiger partial charge in [0.15, 0.2) is 0 Å². The maximum absolute atomic E-state index is 14.8. The number of nitrogens with zero attached hydrogens (tertiary/aromatic N) is 1. The van der Waals surface area contributed by atoms with Crippen molar-refractivity contribution in [2.75, 3.05) is 0 Å². The lowest BCUT2D eigenvalue weighted by atomic mass is 9.84. The van der Waals surface area contributed by atoms with Gasteiger partial charge in [-0.3, -0.25) is 4.98 Å². The molecular weight excluding hydrogens is 565 g/mol. The van der Waals surface area contributed by atoms with Crippen LogP contribution in [0.25, 0.3) is 0 Å². The Morgan fingerprint density at radius 2 is 1.51 bits per heavy atom. The van der Waals surface area contributed by atoms with E-state index >= 15 is 0 Å². The molecule has 5 nitrogen and oxygen atoms in total. The minimum atomic E-state index is -4.87. The van der Waals surface area contributed by atoms with E-state index < -0.39 is 48.1 Å². The zero-order valence-corrected chi connectivity index (χ0v) is 22.3. The van der Waals surface area contributed by atoms with Crippen LogP contribution < -0.4 is 15.4 Å². The predicted molar refractivity (Wildman–Crippen MR) is 145 cm³/mol. The molecule has 1 heterocycles. The number of halogens is 6. The summed E-state index contributed by atoms with van der Waals surface area (Å²) >= 11 is 6.05. The van der Waals surface area contributed by atoms with Crippen LogP contribution in [0.15, 0.2) is 97.2 Å². The van der Waals surface area contributed by atoms with Gasteiger partial charge in [-0.2, -0.15) is 17.6 Å². The van der Waals surface area contributed by atoms with Gasteiger partial charge in [-0.1, -0.05) is 72.3 Å². The van der Waals surface area contributed by atoms with Crippen molar-refractivity contribution >= 4 is 17.6 Å². The Morgan fingerprint density at radius 1 is 0.878 bits per heavy atom. The molecule has 214 valence electrons. The molecule has 0 saturated heterocycles. The van der Waals surface area contributed by atoms with Gasteiger partial charge in [0.25, 0.3) is 0 Å². The van der Waals surface area contributed by atoms with Crippen LogP contribution in [0.3, 0.4) is 0 Å². The number of nitrogens with one attached hydrogen (secondary N) is 2. The first-order chi connectivity index (χ1) is 19.5. The fourth-order valence-electron chi connectivity index (χ4n) is 4.35. The Kier molecular flexibility index (Phi) is 9.44. The molecule has 0 aliphatic carbocycles. The van der Waals surface area contributed by atoms with Crippen LogP contribution in [0.2, 0.25) is 5.02 Å². The van der Waals surface area contributed by atoms with Crippen LogP contribution in [0.4, 0.5) is 26.7 Å². The van der Waals surface area contributed by atoms with Crippen molar-refractivity contribution in [2.24, 2.45) is 0 Å². The molecule has 2 N–H and O–H groups in total. The SMILES string of the molecule is C[C@H](NC(=O)NC(c1cc(F)cc(OC(F)(F)C(F)F)c1)[C@@H](c1ccccc1)c1ccc(Cl)cn1)c1ccccc1. The molecule has 3 aromatic carbocycles. The van der Waals surface area contributed by atoms with Gasteiger partial charge in [0.1, 0.15) is 11.6 Å². The van der Waals surface area contributed by atoms with Gasteiger partial charge in [-0.25, -0.2) is 9.18 Å². The number of alkyl halides is 4. The lowest BCUT2D eigenvalue weighted by molar-refractivity contribution is -0.253. The number of carbonyl (C=O) groups excluding carboxylic acids is 1. The monoisotopic (exact) mass is 589 g/mol. The third kappa shape index (κ3) is 7.73. The quantitative estimate of drug-likeness (QED) is 0.184. The number of hydrogen-bond acceptors (Lipinski definition) is 3. The zero-order chi connectivity index (χ0) is 29.6. The lowest BCUT2D eigenvalue weighted by Crippen LogP contribution is -2.41. The van der Waals surface area contributed by atoms with E-state index in [9.17, 15) is 26.7 Å². The van der Waals surface area contributed by atoms with Gasteiger partial charge in [-0.05, 0) is 47.9 Å². The van der Waals surface area contributed by atoms with Gasteiger partial charge >= 0.3 is 18.6 Å². The Morgan fingerprint density at radius 3 is 2.10 bits per heavy atom. The highest BCUT2D eigenvalue weighted by molar-refractivity contribution is 6.30. The number of urea groups is 1. The van der Waals surface area contributed by atoms with Gasteiger partial charge in [0.2, 0.25) is 0 Å². The number of benzene rings is 3. The number of rotatable bonds is 10. The summed E-state index contributed by atoms with van der Waals surface area (Å²) in [6.07, 6.45) is -7.62. The molecular formula is C30H25ClF5N3O2. The fraction of sp³-hybridized carbons (Fsp3) is 0.200. The van der Waals surface area contributed by atoms with Crippen LogP contribution in [0.5, 0.6) is 5.75 Å². The van der Waals surface area contributed by atoms with Crippen molar-refractivity contribution < 1.29 is 31.5 Å². The van der Waals surface area contributed by atoms with Gasteiger partial charge < -0.3 is 15.4 Å². The van der Waals surface area contributed by atoms with E-state index in [1.165, 1.54) is 6.20 Å². The second-order valence-electron chi connectivity index (χ2n) is 9.20. The second-order valence-corrected chi connectivity index (χ2v) is 9.64. The molecule has 1 unspecified atom stereocenters. The molecule has 0 spiro atoms. The molecule has 0 aliphatic heterocycles. The largest absolute Gasteiger partial charge is 0.461 e. The summed E-state index contributed by atoms with van der Waals surface area (Å²) in [7, 11) is 0. The molecule has 1 aromatic heterocycles. The number of carbonyl (C=O) groups is 1. The Bertz CT molecular complexity index is 1440. The van der Waals surface area contributed by atoms with Gasteiger partial charge in [0.05, 0.1) is 28.7 Å². The maximum atomic E-state index is 14.8. The highest BCUT2D eigenvalue weighted by Gasteiger charge is 2.44. The van der Waals surface area contributed by atoms with Crippen LogP contribution in [-0.4, -0.2) is 23.5 Å². The molecule has 4 rings (SSSR count). The molecule has 3 atom stereocenters. The van der Waals surface area contributed by atoms with Crippen molar-refractivity contribution in [2.45, 2.75) is 37.5 Å². The van der Waals surface area contributed by atoms with Crippen molar-refractivity contribution in [1.29, 1.82) is 0 Å². The first-order valence-corrected chi connectivity index (χ1v) is 12.8. The minimum absolute atomic E-state index is 0.0295. The average molecular weight is 590 g/mol. The van der Waals surface area contributed by atoms with E-state index in [1.54, 1.807) is 49.4 Å². The summed E-state index contributed by atoms with van der Waals surface area (Å²) < 4.78 is 72.1. The smallest absolute Gasteiger partial charge is 0.428 e. The summed E-state index contributed by atoms with van der Waals surface area (Å²) in [4.78, 5) is 17.7. The molecule has 0 aliphatic rings. The third-order valence-electron chi connectivity index (χ3n) is 6.26. The Balaban J connectivity index is 1.79. The molecule has 0 saturated carbocycles.